The second-order valence-corrected chi connectivity index (χ2v) is 17.7. The van der Waals surface area contributed by atoms with Crippen molar-refractivity contribution in [3.63, 3.8) is 0 Å². The number of carbonyl (C=O) groups is 4. The third-order valence-corrected chi connectivity index (χ3v) is 12.4. The molecule has 0 unspecified atom stereocenters. The topological polar surface area (TPSA) is 200 Å². The number of carboxylic acid groups (broad SMARTS) is 1. The first-order valence-corrected chi connectivity index (χ1v) is 24.8. The Morgan fingerprint density at radius 3 is 1.33 bits per heavy atom. The number of ether oxygens (including phenoxy) is 1. The van der Waals surface area contributed by atoms with Crippen LogP contribution >= 0.6 is 0 Å². The van der Waals surface area contributed by atoms with E-state index in [0.717, 1.165) is 44.9 Å². The van der Waals surface area contributed by atoms with E-state index < -0.39 is 67.3 Å². The highest BCUT2D eigenvalue weighted by molar-refractivity contribution is 5.90. The molecule has 60 heavy (non-hydrogen) atoms. The summed E-state index contributed by atoms with van der Waals surface area (Å²) in [6, 6.07) is 0. The minimum absolute atomic E-state index is 0.155. The average molecular weight is 854 g/mol. The summed E-state index contributed by atoms with van der Waals surface area (Å²) in [5, 5.41) is 43.5. The van der Waals surface area contributed by atoms with Gasteiger partial charge in [-0.1, -0.05) is 200 Å². The molecule has 0 aliphatic carbocycles. The maximum absolute atomic E-state index is 14.1. The van der Waals surface area contributed by atoms with E-state index >= 15 is 0 Å². The highest BCUT2D eigenvalue weighted by Gasteiger charge is 2.58. The van der Waals surface area contributed by atoms with Gasteiger partial charge in [-0.3, -0.25) is 24.9 Å². The molecule has 0 bridgehead atoms. The van der Waals surface area contributed by atoms with Crippen molar-refractivity contribution in [1.29, 1.82) is 0 Å². The first-order valence-electron chi connectivity index (χ1n) is 24.8. The Hall–Kier alpha value is -2.12. The predicted molar refractivity (Wildman–Crippen MR) is 240 cm³/mol. The minimum atomic E-state index is -2.20. The number of nitrogens with two attached hydrogens (primary N) is 1. The van der Waals surface area contributed by atoms with E-state index in [2.05, 4.69) is 19.2 Å². The number of aliphatic hydroxyl groups is 3. The monoisotopic (exact) mass is 854 g/mol. The molecular formula is C48H91N3O9. The molecule has 1 rings (SSSR count). The summed E-state index contributed by atoms with van der Waals surface area (Å²) in [6.07, 6.45) is 31.5. The zero-order valence-electron chi connectivity index (χ0n) is 38.3. The lowest BCUT2D eigenvalue weighted by Crippen LogP contribution is -2.75. The summed E-state index contributed by atoms with van der Waals surface area (Å²) < 4.78 is 6.03. The van der Waals surface area contributed by atoms with Crippen LogP contribution < -0.4 is 11.1 Å². The number of aliphatic carboxylic acids is 1. The Bertz CT molecular complexity index is 1110. The Labute approximate surface area is 364 Å². The van der Waals surface area contributed by atoms with Gasteiger partial charge < -0.3 is 35.4 Å². The zero-order valence-corrected chi connectivity index (χ0v) is 38.3. The molecule has 1 saturated heterocycles. The van der Waals surface area contributed by atoms with Crippen molar-refractivity contribution >= 4 is 23.6 Å². The lowest BCUT2D eigenvalue weighted by molar-refractivity contribution is -0.291. The fourth-order valence-corrected chi connectivity index (χ4v) is 8.54. The molecule has 2 amide bonds. The third kappa shape index (κ3) is 25.1. The van der Waals surface area contributed by atoms with Crippen LogP contribution in [0.25, 0.3) is 0 Å². The Morgan fingerprint density at radius 1 is 0.567 bits per heavy atom. The number of unbranched alkanes of at least 4 members (excludes halogenated alkanes) is 29. The van der Waals surface area contributed by atoms with Gasteiger partial charge >= 0.3 is 5.97 Å². The quantitative estimate of drug-likeness (QED) is 0.0255. The number of Topliss-reactive ketones (excluding diaryl/α,β-unsaturated/α-hetero) is 1. The van der Waals surface area contributed by atoms with Gasteiger partial charge in [-0.15, -0.1) is 0 Å². The average Bonchev–Trinajstić information content (AvgIpc) is 3.23. The van der Waals surface area contributed by atoms with Gasteiger partial charge in [0.05, 0.1) is 25.7 Å². The molecule has 0 spiro atoms. The maximum atomic E-state index is 14.1. The number of aliphatic hydroxyl groups excluding tert-OH is 3. The molecule has 0 radical (unpaired) electrons. The fraction of sp³-hybridized carbons (Fsp3) is 0.917. The largest absolute Gasteiger partial charge is 0.481 e. The molecule has 0 aromatic rings. The molecule has 7 N–H and O–H groups in total. The molecule has 1 heterocycles. The van der Waals surface area contributed by atoms with E-state index in [9.17, 15) is 34.5 Å². The van der Waals surface area contributed by atoms with Crippen LogP contribution in [0.1, 0.15) is 232 Å². The first kappa shape index (κ1) is 55.9. The molecule has 0 aromatic heterocycles. The lowest BCUT2D eigenvalue weighted by atomic mass is 9.82. The van der Waals surface area contributed by atoms with E-state index in [1.807, 2.05) is 0 Å². The molecule has 0 aromatic carbocycles. The third-order valence-electron chi connectivity index (χ3n) is 12.4. The van der Waals surface area contributed by atoms with Gasteiger partial charge in [0.25, 0.3) is 0 Å². The van der Waals surface area contributed by atoms with Gasteiger partial charge in [0.2, 0.25) is 17.7 Å². The molecule has 1 fully saturated rings. The van der Waals surface area contributed by atoms with Gasteiger partial charge in [-0.2, -0.15) is 0 Å². The molecule has 1 aliphatic rings. The Balaban J connectivity index is 2.76. The number of amides is 2. The van der Waals surface area contributed by atoms with Gasteiger partial charge in [0.15, 0.2) is 5.78 Å². The van der Waals surface area contributed by atoms with Crippen LogP contribution in [0.5, 0.6) is 0 Å². The SMILES string of the molecule is CCCCCCCCCCCCCCCCCCN(C(=O)CCCCCCCCCCCCCCCCC)[C@]1(N)O[C@H](CO)[C@@H](O)[C@H](O)[C@H]1C(=O)CNC(=O)CCC(=O)O. The normalized spacial score (nSPS) is 20.3. The van der Waals surface area contributed by atoms with Crippen molar-refractivity contribution < 1.29 is 44.3 Å². The number of rotatable bonds is 41. The molecule has 12 nitrogen and oxygen atoms in total. The first-order chi connectivity index (χ1) is 29.0. The highest BCUT2D eigenvalue weighted by atomic mass is 16.6. The maximum Gasteiger partial charge on any atom is 0.303 e. The van der Waals surface area contributed by atoms with Gasteiger partial charge in [-0.05, 0) is 12.8 Å². The van der Waals surface area contributed by atoms with Crippen LogP contribution in [0.2, 0.25) is 0 Å². The number of carboxylic acids is 1. The fourth-order valence-electron chi connectivity index (χ4n) is 8.54. The van der Waals surface area contributed by atoms with Crippen LogP contribution in [0.3, 0.4) is 0 Å². The molecule has 5 atom stereocenters. The minimum Gasteiger partial charge on any atom is -0.481 e. The van der Waals surface area contributed by atoms with Crippen molar-refractivity contribution in [2.75, 3.05) is 19.7 Å². The second kappa shape index (κ2) is 36.4. The summed E-state index contributed by atoms with van der Waals surface area (Å²) in [7, 11) is 0. The standard InChI is InChI=1S/C48H91N3O9/c1-3-5-7-9-11-13-15-17-19-21-23-25-27-29-31-33-37-51(43(55)34-32-30-28-26-24-22-20-18-16-14-12-10-8-6-4-2)48(49)45(47(59)46(58)41(39-52)60-48)40(53)38-50-42(54)35-36-44(56)57/h41,45-47,52,58-59H,3-39,49H2,1-2H3,(H,50,54)(H,56,57)/t41-,45-,46-,47-,48+/m1/s1. The summed E-state index contributed by atoms with van der Waals surface area (Å²) in [4.78, 5) is 52.3. The Kier molecular flexibility index (Phi) is 33.9. The number of carbonyl (C=O) groups excluding carboxylic acids is 3. The zero-order chi connectivity index (χ0) is 44.3. The van der Waals surface area contributed by atoms with Gasteiger partial charge in [-0.25, -0.2) is 0 Å². The van der Waals surface area contributed by atoms with E-state index in [1.54, 1.807) is 0 Å². The summed E-state index contributed by atoms with van der Waals surface area (Å²) in [6.45, 7) is 3.34. The molecule has 0 saturated carbocycles. The van der Waals surface area contributed by atoms with Crippen molar-refractivity contribution in [1.82, 2.24) is 10.2 Å². The summed E-state index contributed by atoms with van der Waals surface area (Å²) in [5.41, 5.74) is 6.88. The van der Waals surface area contributed by atoms with Crippen LogP contribution in [0.15, 0.2) is 0 Å². The predicted octanol–water partition coefficient (Wildman–Crippen LogP) is 9.23. The number of hydrogen-bond acceptors (Lipinski definition) is 9. The van der Waals surface area contributed by atoms with E-state index in [1.165, 1.54) is 146 Å². The van der Waals surface area contributed by atoms with Crippen molar-refractivity contribution in [2.45, 2.75) is 256 Å². The number of ketones is 1. The van der Waals surface area contributed by atoms with Gasteiger partial charge in [0.1, 0.15) is 18.1 Å². The van der Waals surface area contributed by atoms with Crippen molar-refractivity contribution in [3.8, 4) is 0 Å². The molecule has 12 heteroatoms. The lowest BCUT2D eigenvalue weighted by Gasteiger charge is -2.52. The highest BCUT2D eigenvalue weighted by Crippen LogP contribution is 2.36. The van der Waals surface area contributed by atoms with Crippen LogP contribution in [-0.2, 0) is 23.9 Å². The Morgan fingerprint density at radius 2 is 0.950 bits per heavy atom. The number of nitrogens with zero attached hydrogens (tertiary/aromatic N) is 1. The van der Waals surface area contributed by atoms with Crippen LogP contribution in [0.4, 0.5) is 0 Å². The molecular weight excluding hydrogens is 763 g/mol. The van der Waals surface area contributed by atoms with Crippen molar-refractivity contribution in [3.05, 3.63) is 0 Å². The summed E-state index contributed by atoms with van der Waals surface area (Å²) in [5.74, 6) is -6.79. The van der Waals surface area contributed by atoms with Gasteiger partial charge in [0, 0.05) is 19.4 Å². The van der Waals surface area contributed by atoms with Crippen LogP contribution in [-0.4, -0.2) is 92.8 Å². The number of nitrogens with one attached hydrogen (secondary N) is 1. The number of hydrogen-bond donors (Lipinski definition) is 6. The molecule has 352 valence electrons. The van der Waals surface area contributed by atoms with E-state index in [-0.39, 0.29) is 25.3 Å². The molecule has 1 aliphatic heterocycles. The van der Waals surface area contributed by atoms with E-state index in [0.29, 0.717) is 12.8 Å². The summed E-state index contributed by atoms with van der Waals surface area (Å²) >= 11 is 0. The van der Waals surface area contributed by atoms with E-state index in [4.69, 9.17) is 15.6 Å². The van der Waals surface area contributed by atoms with Crippen molar-refractivity contribution in [2.24, 2.45) is 11.7 Å². The van der Waals surface area contributed by atoms with Crippen LogP contribution in [0, 0.1) is 5.92 Å². The smallest absolute Gasteiger partial charge is 0.303 e. The second-order valence-electron chi connectivity index (χ2n) is 17.7.